The van der Waals surface area contributed by atoms with Crippen molar-refractivity contribution in [3.63, 3.8) is 0 Å². The van der Waals surface area contributed by atoms with Gasteiger partial charge < -0.3 is 9.64 Å². The molecule has 0 aliphatic rings. The van der Waals surface area contributed by atoms with Gasteiger partial charge in [0.05, 0.1) is 0 Å². The topological polar surface area (TPSA) is 12.5 Å². The van der Waals surface area contributed by atoms with Crippen molar-refractivity contribution in [2.75, 3.05) is 33.4 Å². The van der Waals surface area contributed by atoms with Gasteiger partial charge in [0.2, 0.25) is 0 Å². The highest BCUT2D eigenvalue weighted by Crippen LogP contribution is 1.99. The number of nitrogens with zero attached hydrogens (tertiary/aromatic N) is 1. The van der Waals surface area contributed by atoms with Crippen molar-refractivity contribution in [1.29, 1.82) is 0 Å². The lowest BCUT2D eigenvalue weighted by atomic mass is 10.1. The van der Waals surface area contributed by atoms with E-state index in [0.29, 0.717) is 0 Å². The molecule has 0 atom stereocenters. The Labute approximate surface area is 89.6 Å². The minimum Gasteiger partial charge on any atom is -0.381 e. The van der Waals surface area contributed by atoms with Gasteiger partial charge in [0.15, 0.2) is 0 Å². The Hall–Kier alpha value is -0.0800. The molecule has 0 amide bonds. The summed E-state index contributed by atoms with van der Waals surface area (Å²) in [6.07, 6.45) is 3.59. The maximum absolute atomic E-state index is 5.55. The highest BCUT2D eigenvalue weighted by Gasteiger charge is 1.97. The lowest BCUT2D eigenvalue weighted by Gasteiger charge is -2.15. The molecule has 0 radical (unpaired) electrons. The van der Waals surface area contributed by atoms with Crippen molar-refractivity contribution in [2.24, 2.45) is 5.92 Å². The highest BCUT2D eigenvalue weighted by atomic mass is 16.5. The molecule has 0 aromatic carbocycles. The fourth-order valence-corrected chi connectivity index (χ4v) is 1.35. The van der Waals surface area contributed by atoms with Crippen molar-refractivity contribution in [3.05, 3.63) is 0 Å². The van der Waals surface area contributed by atoms with Crippen molar-refractivity contribution < 1.29 is 4.74 Å². The van der Waals surface area contributed by atoms with Gasteiger partial charge in [0.1, 0.15) is 0 Å². The van der Waals surface area contributed by atoms with Gasteiger partial charge in [-0.15, -0.1) is 0 Å². The third-order valence-electron chi connectivity index (χ3n) is 2.27. The molecule has 0 saturated heterocycles. The molecular formula is C12H27NO. The first-order valence-electron chi connectivity index (χ1n) is 5.93. The average molecular weight is 201 g/mol. The summed E-state index contributed by atoms with van der Waals surface area (Å²) in [5, 5.41) is 0. The fourth-order valence-electron chi connectivity index (χ4n) is 1.35. The highest BCUT2D eigenvalue weighted by molar-refractivity contribution is 4.49. The Balaban J connectivity index is 3.05. The van der Waals surface area contributed by atoms with Crippen LogP contribution in [-0.4, -0.2) is 38.3 Å². The van der Waals surface area contributed by atoms with E-state index in [2.05, 4.69) is 32.7 Å². The van der Waals surface area contributed by atoms with E-state index in [1.807, 2.05) is 0 Å². The van der Waals surface area contributed by atoms with Gasteiger partial charge in [-0.3, -0.25) is 0 Å². The van der Waals surface area contributed by atoms with Crippen molar-refractivity contribution >= 4 is 0 Å². The van der Waals surface area contributed by atoms with E-state index in [4.69, 9.17) is 4.74 Å². The molecule has 0 heterocycles. The van der Waals surface area contributed by atoms with Gasteiger partial charge in [-0.2, -0.15) is 0 Å². The lowest BCUT2D eigenvalue weighted by Crippen LogP contribution is -2.21. The van der Waals surface area contributed by atoms with Crippen LogP contribution < -0.4 is 0 Å². The summed E-state index contributed by atoms with van der Waals surface area (Å²) < 4.78 is 5.55. The summed E-state index contributed by atoms with van der Waals surface area (Å²) in [4.78, 5) is 2.37. The van der Waals surface area contributed by atoms with Crippen LogP contribution in [0.4, 0.5) is 0 Å². The fraction of sp³-hybridized carbons (Fsp3) is 1.00. The molecule has 0 spiro atoms. The zero-order chi connectivity index (χ0) is 10.8. The van der Waals surface area contributed by atoms with Gasteiger partial charge in [-0.25, -0.2) is 0 Å². The number of ether oxygens (including phenoxy) is 1. The average Bonchev–Trinajstić information content (AvgIpc) is 2.11. The molecule has 0 rings (SSSR count). The second-order valence-electron chi connectivity index (χ2n) is 4.45. The number of hydrogen-bond acceptors (Lipinski definition) is 2. The van der Waals surface area contributed by atoms with Crippen LogP contribution in [-0.2, 0) is 4.74 Å². The second-order valence-corrected chi connectivity index (χ2v) is 4.45. The SMILES string of the molecule is CCCN(C)CCCOCCC(C)C. The van der Waals surface area contributed by atoms with E-state index in [1.165, 1.54) is 19.4 Å². The summed E-state index contributed by atoms with van der Waals surface area (Å²) in [7, 11) is 2.18. The first-order valence-corrected chi connectivity index (χ1v) is 5.93. The number of rotatable bonds is 9. The van der Waals surface area contributed by atoms with Gasteiger partial charge in [-0.05, 0) is 38.8 Å². The van der Waals surface area contributed by atoms with Crippen LogP contribution in [0.3, 0.4) is 0 Å². The van der Waals surface area contributed by atoms with Crippen molar-refractivity contribution in [1.82, 2.24) is 4.90 Å². The van der Waals surface area contributed by atoms with Crippen LogP contribution in [0, 0.1) is 5.92 Å². The Kier molecular flexibility index (Phi) is 9.42. The lowest BCUT2D eigenvalue weighted by molar-refractivity contribution is 0.114. The van der Waals surface area contributed by atoms with Crippen LogP contribution in [0.5, 0.6) is 0 Å². The number of hydrogen-bond donors (Lipinski definition) is 0. The first kappa shape index (κ1) is 13.9. The Morgan fingerprint density at radius 3 is 2.43 bits per heavy atom. The van der Waals surface area contributed by atoms with E-state index in [-0.39, 0.29) is 0 Å². The molecule has 86 valence electrons. The summed E-state index contributed by atoms with van der Waals surface area (Å²) in [6.45, 7) is 10.9. The van der Waals surface area contributed by atoms with Gasteiger partial charge in [0, 0.05) is 19.8 Å². The predicted molar refractivity (Wildman–Crippen MR) is 62.7 cm³/mol. The van der Waals surface area contributed by atoms with E-state index < -0.39 is 0 Å². The third-order valence-corrected chi connectivity index (χ3v) is 2.27. The molecule has 0 fully saturated rings. The summed E-state index contributed by atoms with van der Waals surface area (Å²) >= 11 is 0. The molecule has 0 aliphatic carbocycles. The second kappa shape index (κ2) is 9.47. The predicted octanol–water partition coefficient (Wildman–Crippen LogP) is 2.78. The van der Waals surface area contributed by atoms with Crippen molar-refractivity contribution in [3.8, 4) is 0 Å². The smallest absolute Gasteiger partial charge is 0.0478 e. The normalized spacial score (nSPS) is 11.6. The molecule has 0 N–H and O–H groups in total. The molecule has 2 nitrogen and oxygen atoms in total. The summed E-state index contributed by atoms with van der Waals surface area (Å²) in [6, 6.07) is 0. The Bertz CT molecular complexity index is 115. The Morgan fingerprint density at radius 2 is 1.86 bits per heavy atom. The van der Waals surface area contributed by atoms with Crippen LogP contribution in [0.2, 0.25) is 0 Å². The molecule has 0 aromatic heterocycles. The zero-order valence-corrected chi connectivity index (χ0v) is 10.4. The van der Waals surface area contributed by atoms with Gasteiger partial charge >= 0.3 is 0 Å². The minimum atomic E-state index is 0.762. The molecular weight excluding hydrogens is 174 g/mol. The maximum atomic E-state index is 5.55. The molecule has 0 aromatic rings. The minimum absolute atomic E-state index is 0.762. The van der Waals surface area contributed by atoms with Gasteiger partial charge in [-0.1, -0.05) is 20.8 Å². The van der Waals surface area contributed by atoms with E-state index in [0.717, 1.165) is 32.1 Å². The van der Waals surface area contributed by atoms with Crippen LogP contribution in [0.15, 0.2) is 0 Å². The third kappa shape index (κ3) is 10.0. The molecule has 0 aliphatic heterocycles. The molecule has 0 bridgehead atoms. The van der Waals surface area contributed by atoms with Gasteiger partial charge in [0.25, 0.3) is 0 Å². The zero-order valence-electron chi connectivity index (χ0n) is 10.4. The van der Waals surface area contributed by atoms with E-state index in [9.17, 15) is 0 Å². The Morgan fingerprint density at radius 1 is 1.14 bits per heavy atom. The van der Waals surface area contributed by atoms with Crippen LogP contribution in [0.1, 0.15) is 40.0 Å². The van der Waals surface area contributed by atoms with Crippen LogP contribution >= 0.6 is 0 Å². The van der Waals surface area contributed by atoms with Crippen molar-refractivity contribution in [2.45, 2.75) is 40.0 Å². The standard InChI is InChI=1S/C12H27NO/c1-5-8-13(4)9-6-10-14-11-7-12(2)3/h12H,5-11H2,1-4H3. The van der Waals surface area contributed by atoms with E-state index >= 15 is 0 Å². The van der Waals surface area contributed by atoms with E-state index in [1.54, 1.807) is 0 Å². The summed E-state index contributed by atoms with van der Waals surface area (Å²) in [5.74, 6) is 0.762. The molecule has 2 heteroatoms. The maximum Gasteiger partial charge on any atom is 0.0478 e. The molecule has 0 unspecified atom stereocenters. The molecule has 14 heavy (non-hydrogen) atoms. The van der Waals surface area contributed by atoms with Crippen LogP contribution in [0.25, 0.3) is 0 Å². The monoisotopic (exact) mass is 201 g/mol. The summed E-state index contributed by atoms with van der Waals surface area (Å²) in [5.41, 5.74) is 0. The molecule has 0 saturated carbocycles. The largest absolute Gasteiger partial charge is 0.381 e. The first-order chi connectivity index (χ1) is 6.66. The quantitative estimate of drug-likeness (QED) is 0.532.